The summed E-state index contributed by atoms with van der Waals surface area (Å²) in [7, 11) is 0. The highest BCUT2D eigenvalue weighted by Gasteiger charge is 2.70. The third-order valence-electron chi connectivity index (χ3n) is 12.7. The summed E-state index contributed by atoms with van der Waals surface area (Å²) >= 11 is 0. The first-order valence-corrected chi connectivity index (χ1v) is 13.6. The predicted molar refractivity (Wildman–Crippen MR) is 129 cm³/mol. The molecule has 0 heterocycles. The van der Waals surface area contributed by atoms with Gasteiger partial charge in [0, 0.05) is 0 Å². The zero-order valence-electron chi connectivity index (χ0n) is 21.7. The van der Waals surface area contributed by atoms with Crippen molar-refractivity contribution in [1.82, 2.24) is 0 Å². The normalized spacial score (nSPS) is 55.3. The van der Waals surface area contributed by atoms with Crippen LogP contribution in [-0.4, -0.2) is 33.5 Å². The van der Waals surface area contributed by atoms with Gasteiger partial charge < -0.3 is 15.3 Å². The van der Waals surface area contributed by atoms with Gasteiger partial charge in [-0.15, -0.1) is 0 Å². The van der Waals surface area contributed by atoms with Crippen molar-refractivity contribution in [3.05, 3.63) is 11.6 Å². The molecule has 0 spiro atoms. The number of hydrogen-bond acceptors (Lipinski definition) is 3. The number of hydrogen-bond donors (Lipinski definition) is 3. The van der Waals surface area contributed by atoms with Crippen LogP contribution in [0, 0.1) is 50.7 Å². The lowest BCUT2D eigenvalue weighted by Crippen LogP contribution is -2.67. The molecule has 5 aliphatic carbocycles. The van der Waals surface area contributed by atoms with Crippen molar-refractivity contribution >= 4 is 5.97 Å². The SMILES string of the molecule is C[C@H]1CCC[C@]2(C(=O)O)CC[C@]3(C)C(=CCC4[C@@]5(C)C[C@@H](O)[C@H](O)C(C)(C)C5CC[C@]43C)C12. The lowest BCUT2D eigenvalue weighted by molar-refractivity contribution is -0.232. The van der Waals surface area contributed by atoms with Crippen molar-refractivity contribution < 1.29 is 20.1 Å². The van der Waals surface area contributed by atoms with E-state index >= 15 is 0 Å². The first-order chi connectivity index (χ1) is 15.3. The van der Waals surface area contributed by atoms with Crippen LogP contribution in [0.3, 0.4) is 0 Å². The number of aliphatic hydroxyl groups is 2. The molecule has 4 fully saturated rings. The molecular formula is C29H46O4. The van der Waals surface area contributed by atoms with Crippen LogP contribution in [-0.2, 0) is 4.79 Å². The van der Waals surface area contributed by atoms with Crippen molar-refractivity contribution in [3.63, 3.8) is 0 Å². The Hall–Kier alpha value is -0.870. The maximum Gasteiger partial charge on any atom is 0.310 e. The highest BCUT2D eigenvalue weighted by Crippen LogP contribution is 2.75. The third-order valence-corrected chi connectivity index (χ3v) is 12.7. The zero-order chi connectivity index (χ0) is 24.2. The Morgan fingerprint density at radius 2 is 1.67 bits per heavy atom. The summed E-state index contributed by atoms with van der Waals surface area (Å²) in [5.74, 6) is 0.820. The number of fused-ring (bicyclic) bond motifs is 7. The smallest absolute Gasteiger partial charge is 0.310 e. The number of carboxylic acid groups (broad SMARTS) is 1. The second-order valence-electron chi connectivity index (χ2n) is 14.1. The van der Waals surface area contributed by atoms with E-state index in [2.05, 4.69) is 47.6 Å². The molecule has 0 aromatic heterocycles. The number of aliphatic carboxylic acids is 1. The molecule has 10 atom stereocenters. The molecule has 0 radical (unpaired) electrons. The number of carbonyl (C=O) groups is 1. The first kappa shape index (κ1) is 23.9. The van der Waals surface area contributed by atoms with Gasteiger partial charge >= 0.3 is 5.97 Å². The molecule has 3 N–H and O–H groups in total. The van der Waals surface area contributed by atoms with E-state index < -0.39 is 23.6 Å². The van der Waals surface area contributed by atoms with E-state index in [0.717, 1.165) is 51.4 Å². The molecule has 0 aromatic carbocycles. The Morgan fingerprint density at radius 1 is 0.970 bits per heavy atom. The summed E-state index contributed by atoms with van der Waals surface area (Å²) in [6, 6.07) is 0. The third kappa shape index (κ3) is 2.74. The highest BCUT2D eigenvalue weighted by molar-refractivity contribution is 5.76. The molecule has 3 unspecified atom stereocenters. The van der Waals surface area contributed by atoms with E-state index in [9.17, 15) is 20.1 Å². The van der Waals surface area contributed by atoms with Gasteiger partial charge in [-0.2, -0.15) is 0 Å². The van der Waals surface area contributed by atoms with Gasteiger partial charge in [-0.1, -0.05) is 66.0 Å². The number of carboxylic acids is 1. The van der Waals surface area contributed by atoms with Crippen LogP contribution in [0.15, 0.2) is 11.6 Å². The van der Waals surface area contributed by atoms with E-state index in [0.29, 0.717) is 24.2 Å². The Morgan fingerprint density at radius 3 is 2.33 bits per heavy atom. The van der Waals surface area contributed by atoms with Gasteiger partial charge in [0.15, 0.2) is 0 Å². The molecule has 4 nitrogen and oxygen atoms in total. The van der Waals surface area contributed by atoms with Crippen LogP contribution >= 0.6 is 0 Å². The molecule has 0 aromatic rings. The summed E-state index contributed by atoms with van der Waals surface area (Å²) in [6.07, 6.45) is 9.71. The van der Waals surface area contributed by atoms with Gasteiger partial charge in [-0.3, -0.25) is 4.79 Å². The number of aliphatic hydroxyl groups excluding tert-OH is 2. The Labute approximate surface area is 200 Å². The minimum Gasteiger partial charge on any atom is -0.481 e. The van der Waals surface area contributed by atoms with Gasteiger partial charge in [0.1, 0.15) is 0 Å². The lowest BCUT2D eigenvalue weighted by atomic mass is 9.33. The highest BCUT2D eigenvalue weighted by atomic mass is 16.4. The maximum atomic E-state index is 12.7. The average Bonchev–Trinajstić information content (AvgIpc) is 2.72. The summed E-state index contributed by atoms with van der Waals surface area (Å²) in [6.45, 7) is 14.0. The fourth-order valence-electron chi connectivity index (χ4n) is 10.9. The van der Waals surface area contributed by atoms with Gasteiger partial charge in [0.05, 0.1) is 17.6 Å². The Bertz CT molecular complexity index is 877. The molecule has 0 saturated heterocycles. The van der Waals surface area contributed by atoms with Crippen LogP contribution in [0.2, 0.25) is 0 Å². The van der Waals surface area contributed by atoms with Crippen LogP contribution in [0.25, 0.3) is 0 Å². The molecule has 186 valence electrons. The van der Waals surface area contributed by atoms with Crippen LogP contribution < -0.4 is 0 Å². The van der Waals surface area contributed by atoms with Crippen molar-refractivity contribution in [2.45, 2.75) is 112 Å². The molecule has 5 rings (SSSR count). The molecule has 5 aliphatic rings. The molecular weight excluding hydrogens is 412 g/mol. The average molecular weight is 459 g/mol. The number of rotatable bonds is 1. The van der Waals surface area contributed by atoms with Crippen molar-refractivity contribution in [2.75, 3.05) is 0 Å². The summed E-state index contributed by atoms with van der Waals surface area (Å²) in [5.41, 5.74) is 0.633. The fourth-order valence-corrected chi connectivity index (χ4v) is 10.9. The van der Waals surface area contributed by atoms with Gasteiger partial charge in [0.25, 0.3) is 0 Å². The van der Waals surface area contributed by atoms with Crippen LogP contribution in [0.1, 0.15) is 99.3 Å². The van der Waals surface area contributed by atoms with Crippen molar-refractivity contribution in [1.29, 1.82) is 0 Å². The predicted octanol–water partition coefficient (Wildman–Crippen LogP) is 5.81. The molecule has 4 saturated carbocycles. The van der Waals surface area contributed by atoms with Gasteiger partial charge in [0.2, 0.25) is 0 Å². The Kier molecular flexibility index (Phi) is 5.13. The van der Waals surface area contributed by atoms with E-state index in [1.54, 1.807) is 0 Å². The monoisotopic (exact) mass is 458 g/mol. The largest absolute Gasteiger partial charge is 0.481 e. The molecule has 4 heteroatoms. The fraction of sp³-hybridized carbons (Fsp3) is 0.897. The lowest BCUT2D eigenvalue weighted by Gasteiger charge is -2.71. The number of allylic oxidation sites excluding steroid dienone is 2. The maximum absolute atomic E-state index is 12.7. The van der Waals surface area contributed by atoms with Gasteiger partial charge in [-0.05, 0) is 90.3 Å². The zero-order valence-corrected chi connectivity index (χ0v) is 21.7. The quantitative estimate of drug-likeness (QED) is 0.433. The minimum absolute atomic E-state index is 0.00424. The molecule has 33 heavy (non-hydrogen) atoms. The van der Waals surface area contributed by atoms with Crippen LogP contribution in [0.4, 0.5) is 0 Å². The standard InChI is InChI=1S/C29H46O4/c1-17-8-7-12-29(24(32)33)15-14-27(5)18(22(17)29)9-10-21-26(4)16-19(30)23(31)25(2,3)20(26)11-13-28(21,27)6/h9,17,19-23,30-31H,7-8,10-16H2,1-6H3,(H,32,33)/t17-,19+,20?,21?,22?,23-,26-,27+,28+,29-/m0/s1. The van der Waals surface area contributed by atoms with E-state index in [1.165, 1.54) is 5.57 Å². The molecule has 0 bridgehead atoms. The van der Waals surface area contributed by atoms with Crippen molar-refractivity contribution in [3.8, 4) is 0 Å². The van der Waals surface area contributed by atoms with Gasteiger partial charge in [-0.25, -0.2) is 0 Å². The molecule has 0 aliphatic heterocycles. The second kappa shape index (κ2) is 7.09. The first-order valence-electron chi connectivity index (χ1n) is 13.6. The van der Waals surface area contributed by atoms with E-state index in [1.807, 2.05) is 0 Å². The second-order valence-corrected chi connectivity index (χ2v) is 14.1. The van der Waals surface area contributed by atoms with Crippen LogP contribution in [0.5, 0.6) is 0 Å². The minimum atomic E-state index is -0.675. The Balaban J connectivity index is 1.61. The summed E-state index contributed by atoms with van der Waals surface area (Å²) in [5, 5.41) is 32.3. The topological polar surface area (TPSA) is 77.8 Å². The molecule has 0 amide bonds. The summed E-state index contributed by atoms with van der Waals surface area (Å²) in [4.78, 5) is 12.7. The van der Waals surface area contributed by atoms with E-state index in [4.69, 9.17) is 0 Å². The van der Waals surface area contributed by atoms with E-state index in [-0.39, 0.29) is 27.6 Å². The summed E-state index contributed by atoms with van der Waals surface area (Å²) < 4.78 is 0. The van der Waals surface area contributed by atoms with Crippen molar-refractivity contribution in [2.24, 2.45) is 50.7 Å².